The van der Waals surface area contributed by atoms with E-state index in [-0.39, 0.29) is 41.8 Å². The van der Waals surface area contributed by atoms with Gasteiger partial charge in [-0.25, -0.2) is 4.79 Å². The van der Waals surface area contributed by atoms with Crippen LogP contribution in [0.1, 0.15) is 64.7 Å². The van der Waals surface area contributed by atoms with E-state index in [4.69, 9.17) is 16.3 Å². The summed E-state index contributed by atoms with van der Waals surface area (Å²) in [6.45, 7) is 3.36. The predicted molar refractivity (Wildman–Crippen MR) is 145 cm³/mol. The van der Waals surface area contributed by atoms with Crippen molar-refractivity contribution in [3.63, 3.8) is 0 Å². The summed E-state index contributed by atoms with van der Waals surface area (Å²) >= 11 is 5.90. The van der Waals surface area contributed by atoms with Gasteiger partial charge in [-0.2, -0.15) is 0 Å². The number of likely N-dealkylation sites (tertiary alicyclic amines) is 1. The minimum atomic E-state index is -1.10. The van der Waals surface area contributed by atoms with E-state index >= 15 is 0 Å². The summed E-state index contributed by atoms with van der Waals surface area (Å²) in [5, 5.41) is 0.492. The van der Waals surface area contributed by atoms with Crippen LogP contribution in [0.5, 0.6) is 0 Å². The number of rotatable bonds is 7. The molecular formula is C32H28ClNO5. The van der Waals surface area contributed by atoms with E-state index in [0.717, 1.165) is 27.2 Å². The van der Waals surface area contributed by atoms with Crippen LogP contribution in [0.4, 0.5) is 0 Å². The number of Topliss-reactive ketones (excluding diaryl/α,β-unsaturated/α-hetero) is 1. The van der Waals surface area contributed by atoms with Crippen LogP contribution in [0.2, 0.25) is 5.02 Å². The second-order valence-electron chi connectivity index (χ2n) is 11.0. The fourth-order valence-corrected chi connectivity index (χ4v) is 6.84. The van der Waals surface area contributed by atoms with Gasteiger partial charge >= 0.3 is 5.97 Å². The maximum absolute atomic E-state index is 14.1. The van der Waals surface area contributed by atoms with Gasteiger partial charge in [-0.1, -0.05) is 74.0 Å². The molecule has 6 nitrogen and oxygen atoms in total. The normalized spacial score (nSPS) is 23.3. The lowest BCUT2D eigenvalue weighted by atomic mass is 9.55. The Bertz CT molecular complexity index is 1380. The Balaban J connectivity index is 1.31. The summed E-state index contributed by atoms with van der Waals surface area (Å²) in [5.41, 5.74) is 4.65. The molecule has 1 saturated heterocycles. The molecular weight excluding hydrogens is 514 g/mol. The molecule has 3 aromatic rings. The predicted octanol–water partition coefficient (Wildman–Crippen LogP) is 5.37. The molecule has 2 bridgehead atoms. The van der Waals surface area contributed by atoms with Crippen molar-refractivity contribution < 1.29 is 23.9 Å². The van der Waals surface area contributed by atoms with Gasteiger partial charge in [0.1, 0.15) is 6.04 Å². The van der Waals surface area contributed by atoms with E-state index in [2.05, 4.69) is 0 Å². The quantitative estimate of drug-likeness (QED) is 0.228. The zero-order valence-electron chi connectivity index (χ0n) is 21.7. The van der Waals surface area contributed by atoms with Crippen LogP contribution < -0.4 is 0 Å². The smallest absolute Gasteiger partial charge is 0.329 e. The minimum absolute atomic E-state index is 0.00358. The van der Waals surface area contributed by atoms with Crippen molar-refractivity contribution in [2.45, 2.75) is 38.1 Å². The van der Waals surface area contributed by atoms with Gasteiger partial charge in [0, 0.05) is 22.4 Å². The maximum Gasteiger partial charge on any atom is 0.329 e. The third-order valence-electron chi connectivity index (χ3n) is 8.27. The number of carbonyl (C=O) groups is 4. The molecule has 3 unspecified atom stereocenters. The van der Waals surface area contributed by atoms with Gasteiger partial charge in [0.2, 0.25) is 11.8 Å². The van der Waals surface area contributed by atoms with Crippen LogP contribution in [0, 0.1) is 17.8 Å². The monoisotopic (exact) mass is 541 g/mol. The number of amides is 2. The van der Waals surface area contributed by atoms with Crippen molar-refractivity contribution in [2.75, 3.05) is 6.61 Å². The highest BCUT2D eigenvalue weighted by Gasteiger charge is 2.63. The second kappa shape index (κ2) is 9.76. The molecule has 0 N–H and O–H groups in total. The van der Waals surface area contributed by atoms with Crippen molar-refractivity contribution in [3.05, 3.63) is 106 Å². The minimum Gasteiger partial charge on any atom is -0.456 e. The van der Waals surface area contributed by atoms with Crippen LogP contribution in [0.15, 0.2) is 72.8 Å². The van der Waals surface area contributed by atoms with Gasteiger partial charge < -0.3 is 4.74 Å². The fourth-order valence-electron chi connectivity index (χ4n) is 6.71. The summed E-state index contributed by atoms with van der Waals surface area (Å²) < 4.78 is 5.44. The van der Waals surface area contributed by atoms with Gasteiger partial charge in [-0.15, -0.1) is 0 Å². The number of hydrogen-bond donors (Lipinski definition) is 0. The number of halogens is 1. The average Bonchev–Trinajstić information content (AvgIpc) is 3.20. The number of benzene rings is 3. The Labute approximate surface area is 231 Å². The molecule has 3 aliphatic carbocycles. The van der Waals surface area contributed by atoms with E-state index in [9.17, 15) is 19.2 Å². The topological polar surface area (TPSA) is 80.8 Å². The molecule has 4 aliphatic rings. The lowest BCUT2D eigenvalue weighted by Gasteiger charge is -2.45. The lowest BCUT2D eigenvalue weighted by molar-refractivity contribution is -0.158. The average molecular weight is 542 g/mol. The summed E-state index contributed by atoms with van der Waals surface area (Å²) in [6.07, 6.45) is 0.250. The molecule has 7 heteroatoms. The molecule has 0 radical (unpaired) electrons. The molecule has 1 heterocycles. The molecule has 1 fully saturated rings. The molecule has 7 rings (SSSR count). The van der Waals surface area contributed by atoms with E-state index in [0.29, 0.717) is 10.6 Å². The summed E-state index contributed by atoms with van der Waals surface area (Å²) in [6, 6.07) is 21.2. The summed E-state index contributed by atoms with van der Waals surface area (Å²) in [7, 11) is 0. The standard InChI is InChI=1S/C32H28ClNO5/c1-17(2)15-24(32(38)39-16-25(35)18-11-13-19(33)14-12-18)34-30(36)28-26-20-7-3-4-8-21(20)27(29(28)31(34)37)23-10-6-5-9-22(23)26/h3-14,17,24,26-29H,15-16H2,1-2H3. The zero-order valence-corrected chi connectivity index (χ0v) is 22.4. The lowest BCUT2D eigenvalue weighted by Crippen LogP contribution is -2.47. The third-order valence-corrected chi connectivity index (χ3v) is 8.52. The van der Waals surface area contributed by atoms with Crippen molar-refractivity contribution in [1.29, 1.82) is 0 Å². The first-order valence-corrected chi connectivity index (χ1v) is 13.7. The Morgan fingerprint density at radius 1 is 0.795 bits per heavy atom. The number of nitrogens with zero attached hydrogens (tertiary/aromatic N) is 1. The largest absolute Gasteiger partial charge is 0.456 e. The van der Waals surface area contributed by atoms with E-state index in [1.165, 1.54) is 0 Å². The van der Waals surface area contributed by atoms with Gasteiger partial charge in [0.25, 0.3) is 0 Å². The molecule has 1 aliphatic heterocycles. The fraction of sp³-hybridized carbons (Fsp3) is 0.312. The maximum atomic E-state index is 14.1. The Hall–Kier alpha value is -3.77. The summed E-state index contributed by atoms with van der Waals surface area (Å²) in [4.78, 5) is 55.4. The van der Waals surface area contributed by atoms with Gasteiger partial charge in [-0.3, -0.25) is 19.3 Å². The van der Waals surface area contributed by atoms with E-state index < -0.39 is 30.5 Å². The molecule has 0 aromatic heterocycles. The van der Waals surface area contributed by atoms with E-state index in [1.54, 1.807) is 24.3 Å². The van der Waals surface area contributed by atoms with Gasteiger partial charge in [0.05, 0.1) is 11.8 Å². The highest BCUT2D eigenvalue weighted by atomic mass is 35.5. The van der Waals surface area contributed by atoms with Crippen LogP contribution in [-0.2, 0) is 19.1 Å². The first-order chi connectivity index (χ1) is 18.8. The zero-order chi connectivity index (χ0) is 27.4. The molecule has 3 aromatic carbocycles. The van der Waals surface area contributed by atoms with Crippen LogP contribution in [-0.4, -0.2) is 41.1 Å². The van der Waals surface area contributed by atoms with Crippen LogP contribution in [0.25, 0.3) is 0 Å². The van der Waals surface area contributed by atoms with Crippen LogP contribution >= 0.6 is 11.6 Å². The van der Waals surface area contributed by atoms with E-state index in [1.807, 2.05) is 62.4 Å². The SMILES string of the molecule is CC(C)CC(C(=O)OCC(=O)c1ccc(Cl)cc1)N1C(=O)C2C3c4ccccc4C(c4ccccc43)C2C1=O. The molecule has 39 heavy (non-hydrogen) atoms. The van der Waals surface area contributed by atoms with Crippen molar-refractivity contribution >= 4 is 35.2 Å². The van der Waals surface area contributed by atoms with Crippen molar-refractivity contribution in [1.82, 2.24) is 4.90 Å². The second-order valence-corrected chi connectivity index (χ2v) is 11.4. The van der Waals surface area contributed by atoms with Gasteiger partial charge in [0.15, 0.2) is 12.4 Å². The Morgan fingerprint density at radius 3 is 1.69 bits per heavy atom. The highest BCUT2D eigenvalue weighted by molar-refractivity contribution is 6.30. The molecule has 2 amide bonds. The molecule has 0 spiro atoms. The molecule has 198 valence electrons. The number of esters is 1. The number of ketones is 1. The number of carbonyl (C=O) groups excluding carboxylic acids is 4. The number of ether oxygens (including phenoxy) is 1. The molecule has 3 atom stereocenters. The Morgan fingerprint density at radius 2 is 1.26 bits per heavy atom. The third kappa shape index (κ3) is 4.09. The molecule has 0 saturated carbocycles. The Kier molecular flexibility index (Phi) is 6.38. The first-order valence-electron chi connectivity index (χ1n) is 13.3. The van der Waals surface area contributed by atoms with Gasteiger partial charge in [-0.05, 0) is 58.9 Å². The first kappa shape index (κ1) is 25.5. The van der Waals surface area contributed by atoms with Crippen molar-refractivity contribution in [3.8, 4) is 0 Å². The highest BCUT2D eigenvalue weighted by Crippen LogP contribution is 2.61. The number of imide groups is 1. The summed E-state index contributed by atoms with van der Waals surface area (Å²) in [5.74, 6) is -3.47. The van der Waals surface area contributed by atoms with Crippen LogP contribution in [0.3, 0.4) is 0 Å². The van der Waals surface area contributed by atoms with Crippen molar-refractivity contribution in [2.24, 2.45) is 17.8 Å². The number of hydrogen-bond acceptors (Lipinski definition) is 5.